The molecule has 0 aliphatic carbocycles. The molecule has 10 heavy (non-hydrogen) atoms. The molecule has 0 aliphatic heterocycles. The lowest BCUT2D eigenvalue weighted by Crippen LogP contribution is -2.19. The fourth-order valence-corrected chi connectivity index (χ4v) is 0.877. The molecule has 0 aliphatic rings. The van der Waals surface area contributed by atoms with Crippen molar-refractivity contribution in [3.63, 3.8) is 0 Å². The largest absolute Gasteiger partial charge is 0.457 e. The van der Waals surface area contributed by atoms with Gasteiger partial charge in [-0.25, -0.2) is 4.79 Å². The molecular weight excluding hydrogens is 158 g/mol. The average Bonchev–Trinajstić information content (AvgIpc) is 1.87. The van der Waals surface area contributed by atoms with E-state index in [0.717, 1.165) is 0 Å². The third kappa shape index (κ3) is 3.29. The Balaban J connectivity index is 3.80. The summed E-state index contributed by atoms with van der Waals surface area (Å²) in [5.41, 5.74) is 0. The molecule has 0 fully saturated rings. The van der Waals surface area contributed by atoms with Crippen LogP contribution in [0, 0.1) is 10.1 Å². The second-order valence-electron chi connectivity index (χ2n) is 1.52. The number of nitrogens with zero attached hydrogens (tertiary/aromatic N) is 1. The van der Waals surface area contributed by atoms with Crippen LogP contribution in [-0.4, -0.2) is 26.5 Å². The van der Waals surface area contributed by atoms with E-state index >= 15 is 0 Å². The first-order valence-corrected chi connectivity index (χ1v) is 4.09. The molecule has 0 aromatic rings. The molecule has 6 heteroatoms. The highest BCUT2D eigenvalue weighted by Gasteiger charge is 2.17. The van der Waals surface area contributed by atoms with Gasteiger partial charge in [0.25, 0.3) is 0 Å². The van der Waals surface area contributed by atoms with Crippen LogP contribution in [-0.2, 0) is 15.6 Å². The maximum atomic E-state index is 10.5. The maximum Gasteiger partial charge on any atom is 0.457 e. The van der Waals surface area contributed by atoms with Gasteiger partial charge in [0.1, 0.15) is 4.92 Å². The van der Waals surface area contributed by atoms with E-state index in [1.165, 1.54) is 0 Å². The van der Waals surface area contributed by atoms with Crippen molar-refractivity contribution in [3.8, 4) is 0 Å². The van der Waals surface area contributed by atoms with Gasteiger partial charge in [0.05, 0.1) is 0 Å². The summed E-state index contributed by atoms with van der Waals surface area (Å²) in [7, 11) is -1.37. The van der Waals surface area contributed by atoms with E-state index in [4.69, 9.17) is 0 Å². The fraction of sp³-hybridized carbons (Fsp3) is 0.750. The van der Waals surface area contributed by atoms with Crippen LogP contribution in [0.4, 0.5) is 0 Å². The van der Waals surface area contributed by atoms with Crippen LogP contribution in [0.3, 0.4) is 0 Å². The van der Waals surface area contributed by atoms with E-state index in [2.05, 4.69) is 0 Å². The van der Waals surface area contributed by atoms with Crippen molar-refractivity contribution < 1.29 is 13.9 Å². The zero-order chi connectivity index (χ0) is 8.15. The summed E-state index contributed by atoms with van der Waals surface area (Å²) < 4.78 is 10.5. The van der Waals surface area contributed by atoms with Crippen LogP contribution in [0.1, 0.15) is 6.92 Å². The maximum absolute atomic E-state index is 10.5. The van der Waals surface area contributed by atoms with E-state index in [-0.39, 0.29) is 5.75 Å². The number of nitro groups is 1. The molecule has 0 rings (SSSR count). The molecule has 0 N–H and O–H groups in total. The zero-order valence-corrected chi connectivity index (χ0v) is 6.22. The van der Waals surface area contributed by atoms with E-state index in [1.807, 2.05) is 0 Å². The Morgan fingerprint density at radius 2 is 2.20 bits per heavy atom. The van der Waals surface area contributed by atoms with E-state index in [1.54, 1.807) is 6.92 Å². The van der Waals surface area contributed by atoms with Gasteiger partial charge in [-0.2, -0.15) is 0 Å². The van der Waals surface area contributed by atoms with Gasteiger partial charge in [-0.15, -0.1) is 0 Å². The number of carbonyl (C=O) groups is 1. The molecule has 0 saturated carbocycles. The van der Waals surface area contributed by atoms with Crippen molar-refractivity contribution in [2.75, 3.05) is 11.5 Å². The highest BCUT2D eigenvalue weighted by molar-refractivity contribution is 7.85. The van der Waals surface area contributed by atoms with Crippen molar-refractivity contribution in [1.29, 1.82) is 0 Å². The first-order valence-electron chi connectivity index (χ1n) is 2.60. The van der Waals surface area contributed by atoms with Crippen LogP contribution in [0.15, 0.2) is 0 Å². The molecule has 1 atom stereocenters. The number of hydrogen-bond donors (Lipinski definition) is 0. The predicted molar refractivity (Wildman–Crippen MR) is 35.6 cm³/mol. The van der Waals surface area contributed by atoms with Gasteiger partial charge < -0.3 is 0 Å². The van der Waals surface area contributed by atoms with Gasteiger partial charge in [0, 0.05) is 16.6 Å². The summed E-state index contributed by atoms with van der Waals surface area (Å²) in [6, 6.07) is 0. The third-order valence-corrected chi connectivity index (χ3v) is 2.02. The van der Waals surface area contributed by atoms with Gasteiger partial charge in [0.2, 0.25) is 0 Å². The lowest BCUT2D eigenvalue weighted by atomic mass is 10.8. The molecule has 58 valence electrons. The normalized spacial score (nSPS) is 12.5. The van der Waals surface area contributed by atoms with Crippen molar-refractivity contribution in [1.82, 2.24) is 0 Å². The Kier molecular flexibility index (Phi) is 3.78. The van der Waals surface area contributed by atoms with Crippen LogP contribution >= 0.6 is 0 Å². The third-order valence-electron chi connectivity index (χ3n) is 0.810. The topological polar surface area (TPSA) is 77.3 Å². The minimum absolute atomic E-state index is 0.277. The van der Waals surface area contributed by atoms with Gasteiger partial charge in [0.15, 0.2) is 5.75 Å². The summed E-state index contributed by atoms with van der Waals surface area (Å²) in [4.78, 5) is 18.8. The summed E-state index contributed by atoms with van der Waals surface area (Å²) in [5, 5.41) is 9.67. The van der Waals surface area contributed by atoms with Crippen LogP contribution in [0.5, 0.6) is 0 Å². The molecule has 0 aromatic carbocycles. The number of rotatable bonds is 3. The molecule has 0 bridgehead atoms. The lowest BCUT2D eigenvalue weighted by molar-refractivity contribution is -0.399. The summed E-state index contributed by atoms with van der Waals surface area (Å²) >= 11 is 0. The molecule has 0 aromatic heterocycles. The minimum Gasteiger partial charge on any atom is -0.259 e. The number of carbonyl (C=O) groups excluding carboxylic acids is 1. The standard InChI is InChI=1S/C4H7NO4S/c1-2-10(9)3-4(6)5(7)8/h2-3H2,1H3. The fourth-order valence-electron chi connectivity index (χ4n) is 0.292. The number of amides is 1. The van der Waals surface area contributed by atoms with Crippen molar-refractivity contribution in [2.24, 2.45) is 0 Å². The second kappa shape index (κ2) is 4.10. The van der Waals surface area contributed by atoms with Crippen molar-refractivity contribution in [3.05, 3.63) is 10.1 Å². The van der Waals surface area contributed by atoms with Crippen LogP contribution < -0.4 is 0 Å². The van der Waals surface area contributed by atoms with Gasteiger partial charge in [-0.1, -0.05) is 6.92 Å². The van der Waals surface area contributed by atoms with Gasteiger partial charge in [-0.05, 0) is 0 Å². The van der Waals surface area contributed by atoms with Crippen LogP contribution in [0.2, 0.25) is 0 Å². The lowest BCUT2D eigenvalue weighted by Gasteiger charge is -1.88. The second-order valence-corrected chi connectivity index (χ2v) is 3.27. The Morgan fingerprint density at radius 1 is 1.70 bits per heavy atom. The summed E-state index contributed by atoms with van der Waals surface area (Å²) in [6.45, 7) is 1.60. The summed E-state index contributed by atoms with van der Waals surface area (Å²) in [6.07, 6.45) is 0. The zero-order valence-electron chi connectivity index (χ0n) is 5.40. The molecule has 0 saturated heterocycles. The minimum atomic E-state index is -1.37. The van der Waals surface area contributed by atoms with Crippen LogP contribution in [0.25, 0.3) is 0 Å². The molecular formula is C4H7NO4S. The molecule has 0 radical (unpaired) electrons. The Morgan fingerprint density at radius 3 is 2.50 bits per heavy atom. The molecule has 0 heterocycles. The monoisotopic (exact) mass is 165 g/mol. The van der Waals surface area contributed by atoms with Crippen molar-refractivity contribution >= 4 is 16.7 Å². The Labute approximate surface area is 60.0 Å². The first kappa shape index (κ1) is 9.22. The van der Waals surface area contributed by atoms with Gasteiger partial charge in [-0.3, -0.25) is 14.3 Å². The first-order chi connectivity index (χ1) is 4.57. The smallest absolute Gasteiger partial charge is 0.259 e. The quantitative estimate of drug-likeness (QED) is 0.419. The predicted octanol–water partition coefficient (Wildman–Crippen LogP) is -0.442. The number of hydrogen-bond acceptors (Lipinski definition) is 4. The van der Waals surface area contributed by atoms with E-state index in [9.17, 15) is 19.1 Å². The highest BCUT2D eigenvalue weighted by atomic mass is 32.2. The highest BCUT2D eigenvalue weighted by Crippen LogP contribution is 1.83. The molecule has 1 unspecified atom stereocenters. The van der Waals surface area contributed by atoms with E-state index < -0.39 is 27.4 Å². The average molecular weight is 165 g/mol. The summed E-state index contributed by atoms with van der Waals surface area (Å²) in [5.74, 6) is -1.37. The molecule has 0 spiro atoms. The molecule has 1 amide bonds. The van der Waals surface area contributed by atoms with Crippen molar-refractivity contribution in [2.45, 2.75) is 6.92 Å². The Hall–Kier alpha value is -0.780. The molecule has 5 nitrogen and oxygen atoms in total. The SMILES string of the molecule is CCS(=O)CC(=O)[N+](=O)[O-]. The van der Waals surface area contributed by atoms with Gasteiger partial charge >= 0.3 is 5.91 Å². The van der Waals surface area contributed by atoms with E-state index in [0.29, 0.717) is 0 Å². The Bertz CT molecular complexity index is 178.